The molecule has 36 heavy (non-hydrogen) atoms. The molecular formula is C27H33N7O2. The zero-order valence-corrected chi connectivity index (χ0v) is 21.0. The number of hydrogen-bond acceptors (Lipinski definition) is 7. The van der Waals surface area contributed by atoms with E-state index in [1.807, 2.05) is 23.7 Å². The lowest BCUT2D eigenvalue weighted by atomic mass is 10.00. The number of furan rings is 1. The number of tetrazole rings is 1. The van der Waals surface area contributed by atoms with E-state index in [-0.39, 0.29) is 11.6 Å². The third-order valence-electron chi connectivity index (χ3n) is 7.78. The second kappa shape index (κ2) is 9.63. The summed E-state index contributed by atoms with van der Waals surface area (Å²) in [7, 11) is 0. The molecule has 6 rings (SSSR count). The summed E-state index contributed by atoms with van der Waals surface area (Å²) < 4.78 is 7.55. The molecule has 4 heterocycles. The van der Waals surface area contributed by atoms with Crippen LogP contribution < -0.4 is 5.56 Å². The summed E-state index contributed by atoms with van der Waals surface area (Å²) in [5.74, 6) is 1.75. The van der Waals surface area contributed by atoms with Crippen LogP contribution in [0.3, 0.4) is 0 Å². The fourth-order valence-electron chi connectivity index (χ4n) is 6.00. The van der Waals surface area contributed by atoms with Crippen LogP contribution in [0.5, 0.6) is 0 Å². The first kappa shape index (κ1) is 23.1. The van der Waals surface area contributed by atoms with Gasteiger partial charge in [0.2, 0.25) is 0 Å². The normalized spacial score (nSPS) is 18.8. The van der Waals surface area contributed by atoms with Crippen molar-refractivity contribution in [2.45, 2.75) is 58.2 Å². The minimum Gasteiger partial charge on any atom is -0.468 e. The molecule has 1 aliphatic carbocycles. The summed E-state index contributed by atoms with van der Waals surface area (Å²) in [5.41, 5.74) is 3.79. The van der Waals surface area contributed by atoms with Gasteiger partial charge in [0.25, 0.3) is 5.56 Å². The maximum absolute atomic E-state index is 13.6. The molecule has 2 fully saturated rings. The SMILES string of the molecule is Cc1cc(C)c2[nH]c(=O)c([C@H](c3nnnn3C3CCCC3)N3CCN(Cc4ccco4)CC3)cc2c1. The number of H-pyrrole nitrogens is 1. The van der Waals surface area contributed by atoms with Crippen molar-refractivity contribution < 1.29 is 4.42 Å². The van der Waals surface area contributed by atoms with Crippen molar-refractivity contribution >= 4 is 10.9 Å². The van der Waals surface area contributed by atoms with E-state index < -0.39 is 0 Å². The second-order valence-electron chi connectivity index (χ2n) is 10.3. The molecule has 1 N–H and O–H groups in total. The molecular weight excluding hydrogens is 454 g/mol. The highest BCUT2D eigenvalue weighted by Gasteiger charge is 2.34. The topological polar surface area (TPSA) is 96.1 Å². The lowest BCUT2D eigenvalue weighted by Crippen LogP contribution is -2.48. The molecule has 3 aromatic heterocycles. The Bertz CT molecular complexity index is 1390. The number of piperazine rings is 1. The summed E-state index contributed by atoms with van der Waals surface area (Å²) in [6.07, 6.45) is 6.26. The Balaban J connectivity index is 1.38. The highest BCUT2D eigenvalue weighted by atomic mass is 16.3. The highest BCUT2D eigenvalue weighted by molar-refractivity contribution is 5.83. The van der Waals surface area contributed by atoms with Gasteiger partial charge in [-0.2, -0.15) is 0 Å². The monoisotopic (exact) mass is 487 g/mol. The van der Waals surface area contributed by atoms with Gasteiger partial charge in [-0.3, -0.25) is 14.6 Å². The van der Waals surface area contributed by atoms with E-state index in [2.05, 4.69) is 55.4 Å². The van der Waals surface area contributed by atoms with E-state index in [9.17, 15) is 4.79 Å². The number of pyridine rings is 1. The van der Waals surface area contributed by atoms with Crippen molar-refractivity contribution in [2.75, 3.05) is 26.2 Å². The van der Waals surface area contributed by atoms with E-state index in [0.717, 1.165) is 73.6 Å². The molecule has 0 amide bonds. The predicted molar refractivity (Wildman–Crippen MR) is 137 cm³/mol. The van der Waals surface area contributed by atoms with Crippen LogP contribution in [0.1, 0.15) is 66.0 Å². The first-order valence-electron chi connectivity index (χ1n) is 13.0. The molecule has 188 valence electrons. The van der Waals surface area contributed by atoms with Crippen molar-refractivity contribution in [1.29, 1.82) is 0 Å². The molecule has 0 radical (unpaired) electrons. The number of benzene rings is 1. The second-order valence-corrected chi connectivity index (χ2v) is 10.3. The molecule has 0 spiro atoms. The third-order valence-corrected chi connectivity index (χ3v) is 7.78. The number of aryl methyl sites for hydroxylation is 2. The van der Waals surface area contributed by atoms with Crippen LogP contribution >= 0.6 is 0 Å². The summed E-state index contributed by atoms with van der Waals surface area (Å²) in [6, 6.07) is 10.2. The Labute approximate surface area is 210 Å². The van der Waals surface area contributed by atoms with Crippen molar-refractivity contribution in [3.8, 4) is 0 Å². The van der Waals surface area contributed by atoms with Gasteiger partial charge in [0.15, 0.2) is 5.82 Å². The smallest absolute Gasteiger partial charge is 0.253 e. The van der Waals surface area contributed by atoms with Crippen LogP contribution in [0.25, 0.3) is 10.9 Å². The molecule has 1 aliphatic heterocycles. The first-order valence-corrected chi connectivity index (χ1v) is 13.0. The molecule has 1 saturated carbocycles. The molecule has 1 atom stereocenters. The Kier molecular flexibility index (Phi) is 6.18. The standard InChI is InChI=1S/C27H33N7O2/c1-18-14-19(2)24-20(15-18)16-23(27(35)28-24)25(26-29-30-31-34(26)21-6-3-4-7-21)33-11-9-32(10-12-33)17-22-8-5-13-36-22/h5,8,13-16,21,25H,3-4,6-7,9-12,17H2,1-2H3,(H,28,35)/t25-/m1/s1. The Morgan fingerprint density at radius 3 is 2.67 bits per heavy atom. The molecule has 4 aromatic rings. The molecule has 0 bridgehead atoms. The quantitative estimate of drug-likeness (QED) is 0.442. The molecule has 9 heteroatoms. The zero-order valence-electron chi connectivity index (χ0n) is 21.0. The van der Waals surface area contributed by atoms with Gasteiger partial charge in [-0.05, 0) is 72.3 Å². The fourth-order valence-corrected chi connectivity index (χ4v) is 6.00. The van der Waals surface area contributed by atoms with Crippen molar-refractivity contribution in [1.82, 2.24) is 35.0 Å². The van der Waals surface area contributed by atoms with Crippen LogP contribution in [0.2, 0.25) is 0 Å². The van der Waals surface area contributed by atoms with Crippen molar-refractivity contribution in [3.05, 3.63) is 75.2 Å². The van der Waals surface area contributed by atoms with Crippen molar-refractivity contribution in [2.24, 2.45) is 0 Å². The van der Waals surface area contributed by atoms with Crippen LogP contribution in [-0.4, -0.2) is 61.2 Å². The number of aromatic amines is 1. The Hall–Kier alpha value is -3.30. The van der Waals surface area contributed by atoms with Gasteiger partial charge in [0.05, 0.1) is 24.4 Å². The lowest BCUT2D eigenvalue weighted by molar-refractivity contribution is 0.0943. The minimum atomic E-state index is -0.305. The van der Waals surface area contributed by atoms with Gasteiger partial charge in [0, 0.05) is 31.7 Å². The van der Waals surface area contributed by atoms with Crippen LogP contribution in [0.4, 0.5) is 0 Å². The summed E-state index contributed by atoms with van der Waals surface area (Å²) >= 11 is 0. The number of hydrogen-bond donors (Lipinski definition) is 1. The lowest BCUT2D eigenvalue weighted by Gasteiger charge is -2.38. The molecule has 0 unspecified atom stereocenters. The summed E-state index contributed by atoms with van der Waals surface area (Å²) in [6.45, 7) is 8.31. The van der Waals surface area contributed by atoms with E-state index >= 15 is 0 Å². The molecule has 2 aliphatic rings. The average Bonchev–Trinajstić information content (AvgIpc) is 3.64. The van der Waals surface area contributed by atoms with E-state index in [1.54, 1.807) is 6.26 Å². The summed E-state index contributed by atoms with van der Waals surface area (Å²) in [4.78, 5) is 21.5. The Morgan fingerprint density at radius 1 is 1.11 bits per heavy atom. The third kappa shape index (κ3) is 4.37. The van der Waals surface area contributed by atoms with Gasteiger partial charge in [-0.25, -0.2) is 4.68 Å². The van der Waals surface area contributed by atoms with Gasteiger partial charge in [-0.15, -0.1) is 5.10 Å². The van der Waals surface area contributed by atoms with E-state index in [1.165, 1.54) is 18.4 Å². The van der Waals surface area contributed by atoms with Gasteiger partial charge in [-0.1, -0.05) is 24.5 Å². The molecule has 1 aromatic carbocycles. The number of rotatable bonds is 6. The number of fused-ring (bicyclic) bond motifs is 1. The van der Waals surface area contributed by atoms with Crippen LogP contribution in [0, 0.1) is 13.8 Å². The maximum atomic E-state index is 13.6. The first-order chi connectivity index (χ1) is 17.6. The van der Waals surface area contributed by atoms with Gasteiger partial charge < -0.3 is 9.40 Å². The minimum absolute atomic E-state index is 0.0709. The predicted octanol–water partition coefficient (Wildman–Crippen LogP) is 3.75. The Morgan fingerprint density at radius 2 is 1.92 bits per heavy atom. The highest BCUT2D eigenvalue weighted by Crippen LogP contribution is 2.34. The van der Waals surface area contributed by atoms with Crippen molar-refractivity contribution in [3.63, 3.8) is 0 Å². The largest absolute Gasteiger partial charge is 0.468 e. The number of nitrogens with one attached hydrogen (secondary N) is 1. The van der Waals surface area contributed by atoms with E-state index in [0.29, 0.717) is 11.6 Å². The maximum Gasteiger partial charge on any atom is 0.253 e. The number of aromatic nitrogens is 5. The number of nitrogens with zero attached hydrogens (tertiary/aromatic N) is 6. The molecule has 1 saturated heterocycles. The fraction of sp³-hybridized carbons (Fsp3) is 0.481. The van der Waals surface area contributed by atoms with Gasteiger partial charge >= 0.3 is 0 Å². The van der Waals surface area contributed by atoms with Gasteiger partial charge in [0.1, 0.15) is 11.8 Å². The summed E-state index contributed by atoms with van der Waals surface area (Å²) in [5, 5.41) is 14.1. The zero-order chi connectivity index (χ0) is 24.6. The average molecular weight is 488 g/mol. The van der Waals surface area contributed by atoms with Crippen LogP contribution in [-0.2, 0) is 6.54 Å². The van der Waals surface area contributed by atoms with Crippen LogP contribution in [0.15, 0.2) is 45.8 Å². The van der Waals surface area contributed by atoms with E-state index in [4.69, 9.17) is 4.42 Å². The molecule has 9 nitrogen and oxygen atoms in total.